The largest absolute Gasteiger partial charge is 0.380 e. The average Bonchev–Trinajstić information content (AvgIpc) is 2.43. The Bertz CT molecular complexity index is 622. The molecule has 2 aromatic rings. The smallest absolute Gasteiger partial charge is 0.150 e. The minimum absolute atomic E-state index is 0.0340. The molecule has 0 bridgehead atoms. The number of hydrogen-bond donors (Lipinski definition) is 1. The summed E-state index contributed by atoms with van der Waals surface area (Å²) >= 11 is 0. The van der Waals surface area contributed by atoms with Crippen LogP contribution in [0.1, 0.15) is 16.8 Å². The van der Waals surface area contributed by atoms with Gasteiger partial charge in [0.1, 0.15) is 5.69 Å². The first-order valence-corrected chi connectivity index (χ1v) is 6.14. The number of nitriles is 1. The van der Waals surface area contributed by atoms with Crippen LogP contribution in [0.2, 0.25) is 0 Å². The van der Waals surface area contributed by atoms with E-state index in [2.05, 4.69) is 10.3 Å². The van der Waals surface area contributed by atoms with E-state index < -0.39 is 11.6 Å². The quantitative estimate of drug-likeness (QED) is 0.930. The number of aromatic nitrogens is 1. The predicted octanol–water partition coefficient (Wildman–Crippen LogP) is 3.19. The van der Waals surface area contributed by atoms with Crippen LogP contribution in [-0.4, -0.2) is 11.5 Å². The van der Waals surface area contributed by atoms with Crippen LogP contribution < -0.4 is 5.32 Å². The molecule has 0 spiro atoms. The lowest BCUT2D eigenvalue weighted by atomic mass is 10.1. The van der Waals surface area contributed by atoms with Crippen LogP contribution in [0.4, 0.5) is 14.5 Å². The van der Waals surface area contributed by atoms with Gasteiger partial charge in [-0.25, -0.2) is 8.78 Å². The van der Waals surface area contributed by atoms with Crippen molar-refractivity contribution < 1.29 is 8.78 Å². The van der Waals surface area contributed by atoms with Crippen molar-refractivity contribution in [2.45, 2.75) is 13.3 Å². The van der Waals surface area contributed by atoms with Crippen LogP contribution in [0.15, 0.2) is 30.5 Å². The molecule has 0 saturated carbocycles. The zero-order chi connectivity index (χ0) is 14.5. The molecule has 0 fully saturated rings. The maximum absolute atomic E-state index is 13.6. The second kappa shape index (κ2) is 6.11. The van der Waals surface area contributed by atoms with E-state index in [1.165, 1.54) is 0 Å². The number of pyridine rings is 1. The van der Waals surface area contributed by atoms with E-state index in [1.807, 2.05) is 19.1 Å². The van der Waals surface area contributed by atoms with Crippen LogP contribution in [0, 0.1) is 29.9 Å². The molecular formula is C15H13F2N3. The minimum Gasteiger partial charge on any atom is -0.380 e. The summed E-state index contributed by atoms with van der Waals surface area (Å²) in [6, 6.07) is 7.55. The zero-order valence-electron chi connectivity index (χ0n) is 11.0. The lowest BCUT2D eigenvalue weighted by Gasteiger charge is -2.09. The summed E-state index contributed by atoms with van der Waals surface area (Å²) in [5.41, 5.74) is 1.67. The van der Waals surface area contributed by atoms with Crippen LogP contribution in [0.5, 0.6) is 0 Å². The molecule has 0 aliphatic heterocycles. The van der Waals surface area contributed by atoms with Crippen LogP contribution >= 0.6 is 0 Å². The monoisotopic (exact) mass is 273 g/mol. The number of halogens is 2. The molecule has 3 nitrogen and oxygen atoms in total. The fourth-order valence-corrected chi connectivity index (χ4v) is 1.78. The van der Waals surface area contributed by atoms with Gasteiger partial charge in [-0.3, -0.25) is 4.98 Å². The van der Waals surface area contributed by atoms with Crippen molar-refractivity contribution in [1.82, 2.24) is 4.98 Å². The van der Waals surface area contributed by atoms with Crippen LogP contribution in [0.3, 0.4) is 0 Å². The van der Waals surface area contributed by atoms with Crippen molar-refractivity contribution in [2.24, 2.45) is 0 Å². The Labute approximate surface area is 115 Å². The zero-order valence-corrected chi connectivity index (χ0v) is 11.0. The van der Waals surface area contributed by atoms with Gasteiger partial charge in [0.2, 0.25) is 0 Å². The highest BCUT2D eigenvalue weighted by molar-refractivity contribution is 5.50. The van der Waals surface area contributed by atoms with Gasteiger partial charge in [-0.2, -0.15) is 5.26 Å². The van der Waals surface area contributed by atoms with Crippen LogP contribution in [0.25, 0.3) is 0 Å². The van der Waals surface area contributed by atoms with Crippen molar-refractivity contribution in [3.05, 3.63) is 58.9 Å². The van der Waals surface area contributed by atoms with Gasteiger partial charge in [0.15, 0.2) is 11.6 Å². The highest BCUT2D eigenvalue weighted by Gasteiger charge is 2.10. The minimum atomic E-state index is -0.761. The van der Waals surface area contributed by atoms with Gasteiger partial charge in [-0.05, 0) is 37.1 Å². The summed E-state index contributed by atoms with van der Waals surface area (Å²) in [6.07, 6.45) is 2.34. The molecule has 5 heteroatoms. The molecule has 2 rings (SSSR count). The van der Waals surface area contributed by atoms with Gasteiger partial charge in [0.05, 0.1) is 11.6 Å². The first kappa shape index (κ1) is 13.9. The summed E-state index contributed by atoms with van der Waals surface area (Å²) in [5, 5.41) is 11.3. The molecule has 1 aromatic carbocycles. The molecule has 0 radical (unpaired) electrons. The Hall–Kier alpha value is -2.48. The van der Waals surface area contributed by atoms with E-state index in [9.17, 15) is 8.78 Å². The van der Waals surface area contributed by atoms with E-state index in [0.717, 1.165) is 23.4 Å². The molecule has 0 aliphatic carbocycles. The second-order valence-electron chi connectivity index (χ2n) is 4.41. The van der Waals surface area contributed by atoms with Crippen molar-refractivity contribution in [2.75, 3.05) is 11.9 Å². The van der Waals surface area contributed by atoms with Gasteiger partial charge in [-0.15, -0.1) is 0 Å². The molecule has 1 heterocycles. The molecule has 0 unspecified atom stereocenters. The van der Waals surface area contributed by atoms with E-state index >= 15 is 0 Å². The van der Waals surface area contributed by atoms with E-state index in [4.69, 9.17) is 5.26 Å². The topological polar surface area (TPSA) is 48.7 Å². The molecular weight excluding hydrogens is 260 g/mol. The van der Waals surface area contributed by atoms with E-state index in [1.54, 1.807) is 12.3 Å². The van der Waals surface area contributed by atoms with Crippen molar-refractivity contribution >= 4 is 5.69 Å². The molecule has 0 saturated heterocycles. The molecule has 1 aromatic heterocycles. The van der Waals surface area contributed by atoms with Gasteiger partial charge in [0, 0.05) is 18.4 Å². The second-order valence-corrected chi connectivity index (χ2v) is 4.41. The number of rotatable bonds is 4. The third kappa shape index (κ3) is 3.29. The Morgan fingerprint density at radius 2 is 1.95 bits per heavy atom. The predicted molar refractivity (Wildman–Crippen MR) is 72.2 cm³/mol. The molecule has 0 aliphatic rings. The molecule has 1 N–H and O–H groups in total. The number of anilines is 1. The van der Waals surface area contributed by atoms with E-state index in [0.29, 0.717) is 13.0 Å². The summed E-state index contributed by atoms with van der Waals surface area (Å²) in [7, 11) is 0. The highest BCUT2D eigenvalue weighted by atomic mass is 19.1. The van der Waals surface area contributed by atoms with Crippen molar-refractivity contribution in [3.63, 3.8) is 0 Å². The summed E-state index contributed by atoms with van der Waals surface area (Å²) in [5.74, 6) is -1.52. The normalized spacial score (nSPS) is 10.1. The van der Waals surface area contributed by atoms with Gasteiger partial charge < -0.3 is 5.32 Å². The Morgan fingerprint density at radius 1 is 1.25 bits per heavy atom. The Balaban J connectivity index is 2.01. The fraction of sp³-hybridized carbons (Fsp3) is 0.200. The number of aryl methyl sites for hydroxylation is 1. The number of hydrogen-bond acceptors (Lipinski definition) is 3. The first-order chi connectivity index (χ1) is 9.60. The Kier molecular flexibility index (Phi) is 4.26. The fourth-order valence-electron chi connectivity index (χ4n) is 1.78. The third-order valence-corrected chi connectivity index (χ3v) is 2.86. The molecule has 0 atom stereocenters. The SMILES string of the molecule is Cc1ccc(CCNc2c(F)cc(C#N)cc2F)cn1. The maximum atomic E-state index is 13.6. The van der Waals surface area contributed by atoms with Gasteiger partial charge in [-0.1, -0.05) is 6.07 Å². The lowest BCUT2D eigenvalue weighted by molar-refractivity contribution is 0.587. The lowest BCUT2D eigenvalue weighted by Crippen LogP contribution is -2.08. The summed E-state index contributed by atoms with van der Waals surface area (Å²) in [6.45, 7) is 2.27. The maximum Gasteiger partial charge on any atom is 0.150 e. The number of benzene rings is 1. The highest BCUT2D eigenvalue weighted by Crippen LogP contribution is 2.20. The van der Waals surface area contributed by atoms with Gasteiger partial charge >= 0.3 is 0 Å². The molecule has 20 heavy (non-hydrogen) atoms. The first-order valence-electron chi connectivity index (χ1n) is 6.14. The van der Waals surface area contributed by atoms with Crippen molar-refractivity contribution in [1.29, 1.82) is 5.26 Å². The third-order valence-electron chi connectivity index (χ3n) is 2.86. The Morgan fingerprint density at radius 3 is 2.50 bits per heavy atom. The summed E-state index contributed by atoms with van der Waals surface area (Å²) in [4.78, 5) is 4.15. The molecule has 102 valence electrons. The average molecular weight is 273 g/mol. The van der Waals surface area contributed by atoms with E-state index in [-0.39, 0.29) is 11.3 Å². The number of nitrogens with one attached hydrogen (secondary N) is 1. The van der Waals surface area contributed by atoms with Crippen LogP contribution in [-0.2, 0) is 6.42 Å². The molecule has 0 amide bonds. The van der Waals surface area contributed by atoms with Crippen molar-refractivity contribution in [3.8, 4) is 6.07 Å². The standard InChI is InChI=1S/C15H13F2N3/c1-10-2-3-11(9-20-10)4-5-19-15-13(16)6-12(8-18)7-14(15)17/h2-3,6-7,9,19H,4-5H2,1H3. The van der Waals surface area contributed by atoms with Gasteiger partial charge in [0.25, 0.3) is 0 Å². The summed E-state index contributed by atoms with van der Waals surface area (Å²) < 4.78 is 27.2. The number of nitrogens with zero attached hydrogens (tertiary/aromatic N) is 2.